The molecule has 0 N–H and O–H groups in total. The lowest BCUT2D eigenvalue weighted by atomic mass is 10.1. The van der Waals surface area contributed by atoms with E-state index in [1.165, 1.54) is 44.9 Å². The molecule has 1 heteroatoms. The molecule has 0 spiro atoms. The molecule has 2 unspecified atom stereocenters. The molecular weight excluding hydrogens is 212 g/mol. The van der Waals surface area contributed by atoms with Crippen molar-refractivity contribution in [2.24, 2.45) is 0 Å². The van der Waals surface area contributed by atoms with Crippen LogP contribution in [0.4, 0.5) is 0 Å². The van der Waals surface area contributed by atoms with Gasteiger partial charge in [-0.2, -0.15) is 0 Å². The molecule has 0 radical (unpaired) electrons. The third kappa shape index (κ3) is 2.02. The third-order valence-electron chi connectivity index (χ3n) is 4.09. The lowest BCUT2D eigenvalue weighted by molar-refractivity contribution is 0.598. The van der Waals surface area contributed by atoms with Gasteiger partial charge in [0.05, 0.1) is 0 Å². The summed E-state index contributed by atoms with van der Waals surface area (Å²) in [7, 11) is 0.579. The molecule has 2 aliphatic heterocycles. The van der Waals surface area contributed by atoms with Crippen LogP contribution in [0.5, 0.6) is 0 Å². The van der Waals surface area contributed by atoms with Crippen LogP contribution in [0.25, 0.3) is 0 Å². The van der Waals surface area contributed by atoms with Crippen molar-refractivity contribution in [2.75, 3.05) is 0 Å². The average molecular weight is 233 g/mol. The van der Waals surface area contributed by atoms with Gasteiger partial charge in [-0.05, 0) is 57.1 Å². The fraction of sp³-hybridized carbons (Fsp3) is 0.600. The molecule has 1 aromatic carbocycles. The van der Waals surface area contributed by atoms with Crippen LogP contribution in [-0.2, 0) is 10.9 Å². The van der Waals surface area contributed by atoms with Gasteiger partial charge >= 0.3 is 0 Å². The Morgan fingerprint density at radius 3 is 1.94 bits per heavy atom. The van der Waals surface area contributed by atoms with E-state index < -0.39 is 0 Å². The van der Waals surface area contributed by atoms with Crippen LogP contribution in [-0.4, -0.2) is 10.5 Å². The molecule has 0 aliphatic carbocycles. The second-order valence-electron chi connectivity index (χ2n) is 5.14. The minimum absolute atomic E-state index is 0.579. The van der Waals surface area contributed by atoms with E-state index in [2.05, 4.69) is 30.3 Å². The highest BCUT2D eigenvalue weighted by Crippen LogP contribution is 2.40. The van der Waals surface area contributed by atoms with Crippen LogP contribution in [0, 0.1) is 0 Å². The van der Waals surface area contributed by atoms with Crippen LogP contribution < -0.4 is 0 Å². The molecule has 3 rings (SSSR count). The molecule has 86 valence electrons. The van der Waals surface area contributed by atoms with Crippen LogP contribution in [0.1, 0.15) is 44.9 Å². The lowest BCUT2D eigenvalue weighted by Gasteiger charge is -2.27. The van der Waals surface area contributed by atoms with E-state index >= 15 is 0 Å². The SMILES string of the molecule is c1ccc([S+]2C3CCCCC2CCC3)cc1. The fourth-order valence-electron chi connectivity index (χ4n) is 3.35. The van der Waals surface area contributed by atoms with Crippen molar-refractivity contribution in [3.05, 3.63) is 30.3 Å². The molecule has 16 heavy (non-hydrogen) atoms. The zero-order valence-corrected chi connectivity index (χ0v) is 10.7. The number of hydrogen-bond acceptors (Lipinski definition) is 0. The van der Waals surface area contributed by atoms with Crippen molar-refractivity contribution in [1.29, 1.82) is 0 Å². The van der Waals surface area contributed by atoms with Gasteiger partial charge < -0.3 is 0 Å². The summed E-state index contributed by atoms with van der Waals surface area (Å²) in [6.07, 6.45) is 10.4. The van der Waals surface area contributed by atoms with Crippen molar-refractivity contribution in [3.8, 4) is 0 Å². The molecule has 0 saturated carbocycles. The van der Waals surface area contributed by atoms with Crippen molar-refractivity contribution in [2.45, 2.75) is 60.3 Å². The molecule has 0 nitrogen and oxygen atoms in total. The predicted molar refractivity (Wildman–Crippen MR) is 72.0 cm³/mol. The van der Waals surface area contributed by atoms with E-state index in [0.29, 0.717) is 10.9 Å². The maximum Gasteiger partial charge on any atom is 0.155 e. The number of hydrogen-bond donors (Lipinski definition) is 0. The Labute approximate surface area is 102 Å². The first kappa shape index (κ1) is 10.7. The van der Waals surface area contributed by atoms with Gasteiger partial charge in [0.2, 0.25) is 0 Å². The van der Waals surface area contributed by atoms with Crippen molar-refractivity contribution in [1.82, 2.24) is 0 Å². The Hall–Kier alpha value is -0.430. The fourth-order valence-corrected chi connectivity index (χ4v) is 6.82. The minimum Gasteiger partial charge on any atom is -0.0619 e. The topological polar surface area (TPSA) is 0 Å². The monoisotopic (exact) mass is 233 g/mol. The van der Waals surface area contributed by atoms with E-state index in [1.54, 1.807) is 4.90 Å². The summed E-state index contributed by atoms with van der Waals surface area (Å²) in [4.78, 5) is 1.65. The van der Waals surface area contributed by atoms with Crippen molar-refractivity contribution >= 4 is 10.9 Å². The smallest absolute Gasteiger partial charge is 0.0619 e. The maximum absolute atomic E-state index is 2.37. The molecular formula is C15H21S+. The van der Waals surface area contributed by atoms with Gasteiger partial charge in [0.25, 0.3) is 0 Å². The summed E-state index contributed by atoms with van der Waals surface area (Å²) < 4.78 is 0. The molecule has 2 saturated heterocycles. The Morgan fingerprint density at radius 1 is 0.750 bits per heavy atom. The summed E-state index contributed by atoms with van der Waals surface area (Å²) in [5.41, 5.74) is 0. The Balaban J connectivity index is 1.91. The second kappa shape index (κ2) is 4.83. The van der Waals surface area contributed by atoms with Crippen LogP contribution in [0.2, 0.25) is 0 Å². The van der Waals surface area contributed by atoms with Crippen LogP contribution in [0.15, 0.2) is 35.2 Å². The summed E-state index contributed by atoms with van der Waals surface area (Å²) >= 11 is 0. The van der Waals surface area contributed by atoms with Gasteiger partial charge in [0.15, 0.2) is 4.90 Å². The predicted octanol–water partition coefficient (Wildman–Crippen LogP) is 4.16. The van der Waals surface area contributed by atoms with Crippen LogP contribution >= 0.6 is 0 Å². The first-order chi connectivity index (χ1) is 7.95. The molecule has 0 aromatic heterocycles. The number of rotatable bonds is 1. The zero-order valence-electron chi connectivity index (χ0n) is 9.90. The van der Waals surface area contributed by atoms with E-state index in [-0.39, 0.29) is 0 Å². The van der Waals surface area contributed by atoms with E-state index in [1.807, 2.05) is 0 Å². The van der Waals surface area contributed by atoms with Gasteiger partial charge in [-0.15, -0.1) is 0 Å². The second-order valence-corrected chi connectivity index (χ2v) is 7.69. The number of fused-ring (bicyclic) bond motifs is 2. The van der Waals surface area contributed by atoms with Crippen molar-refractivity contribution < 1.29 is 0 Å². The van der Waals surface area contributed by atoms with E-state index in [4.69, 9.17) is 0 Å². The summed E-state index contributed by atoms with van der Waals surface area (Å²) in [6.45, 7) is 0. The van der Waals surface area contributed by atoms with E-state index in [9.17, 15) is 0 Å². The Kier molecular flexibility index (Phi) is 3.23. The summed E-state index contributed by atoms with van der Waals surface area (Å²) in [5.74, 6) is 0. The van der Waals surface area contributed by atoms with Gasteiger partial charge in [-0.3, -0.25) is 0 Å². The minimum atomic E-state index is 0.579. The molecule has 2 heterocycles. The lowest BCUT2D eigenvalue weighted by Crippen LogP contribution is -2.35. The zero-order chi connectivity index (χ0) is 10.8. The summed E-state index contributed by atoms with van der Waals surface area (Å²) in [5, 5.41) is 2.03. The van der Waals surface area contributed by atoms with Gasteiger partial charge in [-0.25, -0.2) is 0 Å². The first-order valence-electron chi connectivity index (χ1n) is 6.72. The Morgan fingerprint density at radius 2 is 1.31 bits per heavy atom. The molecule has 2 fully saturated rings. The highest BCUT2D eigenvalue weighted by atomic mass is 32.2. The molecule has 0 amide bonds. The van der Waals surface area contributed by atoms with Crippen molar-refractivity contribution in [3.63, 3.8) is 0 Å². The largest absolute Gasteiger partial charge is 0.155 e. The van der Waals surface area contributed by atoms with Gasteiger partial charge in [-0.1, -0.05) is 18.2 Å². The molecule has 2 atom stereocenters. The first-order valence-corrected chi connectivity index (χ1v) is 8.07. The van der Waals surface area contributed by atoms with Crippen LogP contribution in [0.3, 0.4) is 0 Å². The highest BCUT2D eigenvalue weighted by Gasteiger charge is 2.44. The number of benzene rings is 1. The summed E-state index contributed by atoms with van der Waals surface area (Å²) in [6, 6.07) is 11.4. The normalized spacial score (nSPS) is 34.4. The van der Waals surface area contributed by atoms with E-state index in [0.717, 1.165) is 10.5 Å². The quantitative estimate of drug-likeness (QED) is 0.639. The third-order valence-corrected chi connectivity index (χ3v) is 7.28. The molecule has 2 bridgehead atoms. The van der Waals surface area contributed by atoms with Gasteiger partial charge in [0.1, 0.15) is 10.5 Å². The molecule has 2 aliphatic rings. The average Bonchev–Trinajstić information content (AvgIpc) is 2.46. The standard InChI is InChI=1S/C15H21S/c1-2-7-13(8-3-1)16-14-9-4-5-10-15(16)12-6-11-14/h1-3,7-8,14-15H,4-6,9-12H2/q+1. The highest BCUT2D eigenvalue weighted by molar-refractivity contribution is 7.98. The Bertz CT molecular complexity index is 319. The van der Waals surface area contributed by atoms with Gasteiger partial charge in [0, 0.05) is 10.9 Å². The molecule has 1 aromatic rings. The maximum atomic E-state index is 2.37.